The molecule has 0 fully saturated rings. The Labute approximate surface area is 134 Å². The van der Waals surface area contributed by atoms with E-state index in [-0.39, 0.29) is 40.9 Å². The molecule has 0 bridgehead atoms. The van der Waals surface area contributed by atoms with Gasteiger partial charge < -0.3 is 5.32 Å². The molecule has 0 atom stereocenters. The molecule has 6 nitrogen and oxygen atoms in total. The molecule has 8 heteroatoms. The van der Waals surface area contributed by atoms with Crippen LogP contribution in [0.15, 0.2) is 35.7 Å². The van der Waals surface area contributed by atoms with Crippen molar-refractivity contribution in [1.82, 2.24) is 0 Å². The number of hydrogen-bond acceptors (Lipinski definition) is 5. The Bertz CT molecular complexity index is 716. The number of carbonyl (C=O) groups is 2. The number of halogens is 1. The zero-order valence-electron chi connectivity index (χ0n) is 11.2. The van der Waals surface area contributed by atoms with Crippen molar-refractivity contribution in [2.45, 2.75) is 12.8 Å². The van der Waals surface area contributed by atoms with E-state index in [9.17, 15) is 19.7 Å². The van der Waals surface area contributed by atoms with Gasteiger partial charge >= 0.3 is 0 Å². The maximum Gasteiger partial charge on any atom is 0.289 e. The summed E-state index contributed by atoms with van der Waals surface area (Å²) in [5, 5.41) is 15.1. The van der Waals surface area contributed by atoms with Gasteiger partial charge in [-0.05, 0) is 23.6 Å². The second-order valence-corrected chi connectivity index (χ2v) is 5.73. The van der Waals surface area contributed by atoms with Gasteiger partial charge in [-0.15, -0.1) is 11.3 Å². The number of nitrogens with zero attached hydrogens (tertiary/aromatic N) is 1. The Morgan fingerprint density at radius 1 is 1.27 bits per heavy atom. The fourth-order valence-corrected chi connectivity index (χ4v) is 2.62. The molecule has 0 aliphatic heterocycles. The summed E-state index contributed by atoms with van der Waals surface area (Å²) in [6.45, 7) is 0. The van der Waals surface area contributed by atoms with Gasteiger partial charge in [0.1, 0.15) is 5.02 Å². The summed E-state index contributed by atoms with van der Waals surface area (Å²) in [6.07, 6.45) is 0.0924. The van der Waals surface area contributed by atoms with Crippen LogP contribution in [0, 0.1) is 10.1 Å². The van der Waals surface area contributed by atoms with E-state index in [0.29, 0.717) is 4.88 Å². The van der Waals surface area contributed by atoms with Gasteiger partial charge in [-0.2, -0.15) is 0 Å². The largest absolute Gasteiger partial charge is 0.326 e. The molecule has 0 radical (unpaired) electrons. The van der Waals surface area contributed by atoms with E-state index in [1.165, 1.54) is 29.5 Å². The van der Waals surface area contributed by atoms with Crippen molar-refractivity contribution < 1.29 is 14.5 Å². The van der Waals surface area contributed by atoms with E-state index in [2.05, 4.69) is 5.32 Å². The van der Waals surface area contributed by atoms with Crippen LogP contribution in [-0.2, 0) is 4.79 Å². The number of nitro groups is 1. The third-order valence-electron chi connectivity index (χ3n) is 2.80. The minimum Gasteiger partial charge on any atom is -0.326 e. The summed E-state index contributed by atoms with van der Waals surface area (Å²) >= 11 is 7.01. The van der Waals surface area contributed by atoms with E-state index in [1.807, 2.05) is 0 Å². The molecule has 0 saturated carbocycles. The number of benzene rings is 1. The Morgan fingerprint density at radius 2 is 2.05 bits per heavy atom. The Hall–Kier alpha value is -2.25. The molecular weight excluding hydrogens is 328 g/mol. The molecule has 1 amide bonds. The predicted molar refractivity (Wildman–Crippen MR) is 84.6 cm³/mol. The first-order valence-electron chi connectivity index (χ1n) is 6.28. The zero-order valence-corrected chi connectivity index (χ0v) is 12.8. The highest BCUT2D eigenvalue weighted by atomic mass is 35.5. The molecule has 0 aliphatic rings. The molecule has 1 N–H and O–H groups in total. The lowest BCUT2D eigenvalue weighted by molar-refractivity contribution is -0.384. The molecule has 2 aromatic rings. The molecule has 1 heterocycles. The van der Waals surface area contributed by atoms with Crippen LogP contribution < -0.4 is 5.32 Å². The first kappa shape index (κ1) is 16.1. The highest BCUT2D eigenvalue weighted by Crippen LogP contribution is 2.27. The number of amides is 1. The topological polar surface area (TPSA) is 89.3 Å². The number of carbonyl (C=O) groups excluding carboxylic acids is 2. The monoisotopic (exact) mass is 338 g/mol. The van der Waals surface area contributed by atoms with Crippen molar-refractivity contribution in [1.29, 1.82) is 0 Å². The minimum absolute atomic E-state index is 0.00382. The van der Waals surface area contributed by atoms with Crippen LogP contribution in [0.25, 0.3) is 0 Å². The van der Waals surface area contributed by atoms with Crippen LogP contribution in [0.1, 0.15) is 22.5 Å². The number of anilines is 1. The SMILES string of the molecule is O=C(CCC(=O)c1cccs1)Nc1ccc(Cl)c([N+](=O)[O-])c1. The molecule has 0 unspecified atom stereocenters. The van der Waals surface area contributed by atoms with E-state index in [4.69, 9.17) is 11.6 Å². The molecule has 22 heavy (non-hydrogen) atoms. The summed E-state index contributed by atoms with van der Waals surface area (Å²) in [6, 6.07) is 7.46. The number of rotatable bonds is 6. The molecule has 0 spiro atoms. The molecule has 1 aromatic heterocycles. The Balaban J connectivity index is 1.93. The first-order chi connectivity index (χ1) is 10.5. The highest BCUT2D eigenvalue weighted by molar-refractivity contribution is 7.12. The van der Waals surface area contributed by atoms with Gasteiger partial charge in [0.05, 0.1) is 9.80 Å². The number of nitrogens with one attached hydrogen (secondary N) is 1. The van der Waals surface area contributed by atoms with Gasteiger partial charge in [0.15, 0.2) is 5.78 Å². The maximum atomic E-state index is 11.8. The maximum absolute atomic E-state index is 11.8. The Kier molecular flexibility index (Phi) is 5.24. The lowest BCUT2D eigenvalue weighted by Crippen LogP contribution is -2.13. The minimum atomic E-state index is -0.627. The number of Topliss-reactive ketones (excluding diaryl/α,β-unsaturated/α-hetero) is 1. The summed E-state index contributed by atoms with van der Waals surface area (Å²) in [5.41, 5.74) is -0.0150. The van der Waals surface area contributed by atoms with Gasteiger partial charge in [0.2, 0.25) is 5.91 Å². The number of ketones is 1. The fraction of sp³-hybridized carbons (Fsp3) is 0.143. The van der Waals surface area contributed by atoms with Crippen LogP contribution in [0.2, 0.25) is 5.02 Å². The van der Waals surface area contributed by atoms with Crippen molar-refractivity contribution in [2.24, 2.45) is 0 Å². The summed E-state index contributed by atoms with van der Waals surface area (Å²) < 4.78 is 0. The quantitative estimate of drug-likeness (QED) is 0.491. The van der Waals surface area contributed by atoms with Gasteiger partial charge in [0, 0.05) is 24.6 Å². The number of nitro benzene ring substituents is 1. The lowest BCUT2D eigenvalue weighted by atomic mass is 10.2. The van der Waals surface area contributed by atoms with E-state index >= 15 is 0 Å². The van der Waals surface area contributed by atoms with Crippen LogP contribution in [0.3, 0.4) is 0 Å². The number of hydrogen-bond donors (Lipinski definition) is 1. The van der Waals surface area contributed by atoms with E-state index in [0.717, 1.165) is 0 Å². The van der Waals surface area contributed by atoms with Crippen molar-refractivity contribution in [3.63, 3.8) is 0 Å². The summed E-state index contributed by atoms with van der Waals surface area (Å²) in [7, 11) is 0. The normalized spacial score (nSPS) is 10.2. The third kappa shape index (κ3) is 4.12. The first-order valence-corrected chi connectivity index (χ1v) is 7.53. The van der Waals surface area contributed by atoms with Crippen molar-refractivity contribution in [3.8, 4) is 0 Å². The second kappa shape index (κ2) is 7.15. The van der Waals surface area contributed by atoms with Gasteiger partial charge in [-0.3, -0.25) is 19.7 Å². The summed E-state index contributed by atoms with van der Waals surface area (Å²) in [5.74, 6) is -0.492. The second-order valence-electron chi connectivity index (χ2n) is 4.37. The average Bonchev–Trinajstić information content (AvgIpc) is 3.01. The van der Waals surface area contributed by atoms with Crippen molar-refractivity contribution >= 4 is 46.0 Å². The molecule has 0 aliphatic carbocycles. The predicted octanol–water partition coefficient (Wildman–Crippen LogP) is 3.91. The van der Waals surface area contributed by atoms with Crippen LogP contribution in [0.4, 0.5) is 11.4 Å². The molecular formula is C14H11ClN2O4S. The molecule has 0 saturated heterocycles. The third-order valence-corrected chi connectivity index (χ3v) is 4.03. The fourth-order valence-electron chi connectivity index (χ4n) is 1.74. The Morgan fingerprint density at radius 3 is 2.68 bits per heavy atom. The molecule has 114 valence electrons. The summed E-state index contributed by atoms with van der Waals surface area (Å²) in [4.78, 5) is 34.3. The number of thiophene rings is 1. The van der Waals surface area contributed by atoms with E-state index < -0.39 is 4.92 Å². The van der Waals surface area contributed by atoms with Gasteiger partial charge in [-0.25, -0.2) is 0 Å². The van der Waals surface area contributed by atoms with Gasteiger partial charge in [0.25, 0.3) is 5.69 Å². The smallest absolute Gasteiger partial charge is 0.289 e. The van der Waals surface area contributed by atoms with E-state index in [1.54, 1.807) is 17.5 Å². The molecule has 2 rings (SSSR count). The average molecular weight is 339 g/mol. The van der Waals surface area contributed by atoms with Crippen LogP contribution in [0.5, 0.6) is 0 Å². The van der Waals surface area contributed by atoms with Crippen molar-refractivity contribution in [3.05, 3.63) is 55.7 Å². The van der Waals surface area contributed by atoms with Crippen LogP contribution >= 0.6 is 22.9 Å². The highest BCUT2D eigenvalue weighted by Gasteiger charge is 2.15. The lowest BCUT2D eigenvalue weighted by Gasteiger charge is -2.05. The zero-order chi connectivity index (χ0) is 16.1. The molecule has 1 aromatic carbocycles. The van der Waals surface area contributed by atoms with Crippen molar-refractivity contribution in [2.75, 3.05) is 5.32 Å². The van der Waals surface area contributed by atoms with Crippen LogP contribution in [-0.4, -0.2) is 16.6 Å². The van der Waals surface area contributed by atoms with Gasteiger partial charge in [-0.1, -0.05) is 17.7 Å². The standard InChI is InChI=1S/C14H11ClN2O4S/c15-10-4-3-9(8-11(10)17(20)21)16-14(19)6-5-12(18)13-2-1-7-22-13/h1-4,7-8H,5-6H2,(H,16,19).